The number of hydrogen-bond donors (Lipinski definition) is 1. The lowest BCUT2D eigenvalue weighted by Gasteiger charge is -2.34. The zero-order valence-corrected chi connectivity index (χ0v) is 13.7. The van der Waals surface area contributed by atoms with Crippen LogP contribution >= 0.6 is 11.8 Å². The number of thioether (sulfide) groups is 1. The number of nitrogens with zero attached hydrogens (tertiary/aromatic N) is 2. The van der Waals surface area contributed by atoms with Gasteiger partial charge in [0.15, 0.2) is 0 Å². The van der Waals surface area contributed by atoms with Crippen LogP contribution in [0.25, 0.3) is 0 Å². The van der Waals surface area contributed by atoms with Crippen LogP contribution in [0.4, 0.5) is 0 Å². The number of hydrogen-bond acceptors (Lipinski definition) is 5. The smallest absolute Gasteiger partial charge is 0.327 e. The van der Waals surface area contributed by atoms with Gasteiger partial charge in [0.2, 0.25) is 15.9 Å². The van der Waals surface area contributed by atoms with Gasteiger partial charge in [0.05, 0.1) is 11.6 Å². The monoisotopic (exact) mass is 336 g/mol. The number of sulfonamides is 1. The van der Waals surface area contributed by atoms with Gasteiger partial charge >= 0.3 is 5.97 Å². The van der Waals surface area contributed by atoms with Gasteiger partial charge in [-0.05, 0) is 19.8 Å². The van der Waals surface area contributed by atoms with E-state index >= 15 is 0 Å². The van der Waals surface area contributed by atoms with Crippen molar-refractivity contribution in [3.05, 3.63) is 0 Å². The molecule has 21 heavy (non-hydrogen) atoms. The molecule has 0 spiro atoms. The summed E-state index contributed by atoms with van der Waals surface area (Å²) >= 11 is 1.46. The summed E-state index contributed by atoms with van der Waals surface area (Å²) in [6.07, 6.45) is 2.06. The van der Waals surface area contributed by atoms with E-state index in [9.17, 15) is 23.1 Å². The van der Waals surface area contributed by atoms with Crippen LogP contribution in [0.5, 0.6) is 0 Å². The van der Waals surface area contributed by atoms with E-state index in [1.807, 2.05) is 6.92 Å². The van der Waals surface area contributed by atoms with Gasteiger partial charge < -0.3 is 10.0 Å². The van der Waals surface area contributed by atoms with Crippen LogP contribution in [0.3, 0.4) is 0 Å². The fraction of sp³-hybridized carbons (Fsp3) is 0.833. The topological polar surface area (TPSA) is 95.0 Å². The van der Waals surface area contributed by atoms with E-state index in [0.29, 0.717) is 31.7 Å². The van der Waals surface area contributed by atoms with Gasteiger partial charge in [0, 0.05) is 24.8 Å². The van der Waals surface area contributed by atoms with Crippen LogP contribution in [0.15, 0.2) is 0 Å². The molecule has 0 aliphatic carbocycles. The van der Waals surface area contributed by atoms with Gasteiger partial charge in [-0.15, -0.1) is 11.8 Å². The van der Waals surface area contributed by atoms with E-state index in [1.54, 1.807) is 0 Å². The lowest BCUT2D eigenvalue weighted by molar-refractivity contribution is -0.151. The highest BCUT2D eigenvalue weighted by atomic mass is 32.2. The van der Waals surface area contributed by atoms with E-state index in [2.05, 4.69) is 0 Å². The molecule has 1 N–H and O–H groups in total. The Hall–Kier alpha value is -0.800. The Morgan fingerprint density at radius 2 is 1.81 bits per heavy atom. The lowest BCUT2D eigenvalue weighted by atomic mass is 9.96. The predicted octanol–water partition coefficient (Wildman–Crippen LogP) is 0.0326. The average Bonchev–Trinajstić information content (AvgIpc) is 2.79. The van der Waals surface area contributed by atoms with Crippen molar-refractivity contribution in [1.82, 2.24) is 9.21 Å². The first-order chi connectivity index (χ1) is 9.71. The van der Waals surface area contributed by atoms with Gasteiger partial charge in [-0.1, -0.05) is 0 Å². The van der Waals surface area contributed by atoms with E-state index < -0.39 is 22.0 Å². The fourth-order valence-corrected chi connectivity index (χ4v) is 4.86. The molecule has 0 radical (unpaired) electrons. The summed E-state index contributed by atoms with van der Waals surface area (Å²) in [4.78, 5) is 25.2. The molecule has 0 aromatic carbocycles. The zero-order valence-electron chi connectivity index (χ0n) is 12.1. The highest BCUT2D eigenvalue weighted by Gasteiger charge is 2.42. The first-order valence-corrected chi connectivity index (χ1v) is 9.73. The Kier molecular flexibility index (Phi) is 4.84. The molecule has 0 aromatic heterocycles. The number of carbonyl (C=O) groups is 2. The molecule has 2 saturated heterocycles. The lowest BCUT2D eigenvalue weighted by Crippen LogP contribution is -2.50. The summed E-state index contributed by atoms with van der Waals surface area (Å²) in [5.74, 6) is -1.02. The standard InChI is InChI=1S/C12H20N2O5S2/c1-8-14(10(7-20-8)12(16)17)11(15)9-3-5-13(6-4-9)21(2,18)19/h8-10H,3-7H2,1-2H3,(H,16,17). The third-order valence-electron chi connectivity index (χ3n) is 4.03. The summed E-state index contributed by atoms with van der Waals surface area (Å²) in [5, 5.41) is 9.06. The number of carboxylic acid groups (broad SMARTS) is 1. The normalized spacial score (nSPS) is 28.8. The van der Waals surface area contributed by atoms with Crippen LogP contribution in [0.1, 0.15) is 19.8 Å². The van der Waals surface area contributed by atoms with E-state index in [0.717, 1.165) is 6.26 Å². The number of aliphatic carboxylic acids is 1. The quantitative estimate of drug-likeness (QED) is 0.781. The van der Waals surface area contributed by atoms with Crippen molar-refractivity contribution in [1.29, 1.82) is 0 Å². The van der Waals surface area contributed by atoms with E-state index in [-0.39, 0.29) is 17.2 Å². The summed E-state index contributed by atoms with van der Waals surface area (Å²) in [7, 11) is -3.22. The molecule has 2 heterocycles. The maximum absolute atomic E-state index is 12.6. The summed E-state index contributed by atoms with van der Waals surface area (Å²) in [6, 6.07) is -0.773. The van der Waals surface area contributed by atoms with Gasteiger partial charge in [0.1, 0.15) is 6.04 Å². The molecule has 2 rings (SSSR count). The Bertz CT molecular complexity index is 528. The maximum Gasteiger partial charge on any atom is 0.327 e. The number of carbonyl (C=O) groups excluding carboxylic acids is 1. The minimum atomic E-state index is -3.22. The Labute approximate surface area is 128 Å². The average molecular weight is 336 g/mol. The van der Waals surface area contributed by atoms with Crippen LogP contribution in [0.2, 0.25) is 0 Å². The van der Waals surface area contributed by atoms with Crippen LogP contribution < -0.4 is 0 Å². The van der Waals surface area contributed by atoms with Crippen molar-refractivity contribution in [2.24, 2.45) is 5.92 Å². The highest BCUT2D eigenvalue weighted by molar-refractivity contribution is 8.00. The predicted molar refractivity (Wildman–Crippen MR) is 79.3 cm³/mol. The first-order valence-electron chi connectivity index (χ1n) is 6.83. The molecule has 2 unspecified atom stereocenters. The molecule has 2 aliphatic rings. The van der Waals surface area contributed by atoms with Crippen molar-refractivity contribution >= 4 is 33.7 Å². The van der Waals surface area contributed by atoms with Gasteiger partial charge in [-0.2, -0.15) is 0 Å². The first kappa shape index (κ1) is 16.6. The van der Waals surface area contributed by atoms with Crippen molar-refractivity contribution in [3.8, 4) is 0 Å². The molecule has 1 amide bonds. The molecule has 9 heteroatoms. The zero-order chi connectivity index (χ0) is 15.8. The Morgan fingerprint density at radius 3 is 2.29 bits per heavy atom. The second-order valence-corrected chi connectivity index (χ2v) is 8.80. The van der Waals surface area contributed by atoms with Gasteiger partial charge in [-0.25, -0.2) is 17.5 Å². The number of piperidine rings is 1. The molecular formula is C12H20N2O5S2. The Balaban J connectivity index is 2.03. The van der Waals surface area contributed by atoms with Crippen molar-refractivity contribution in [2.45, 2.75) is 31.2 Å². The van der Waals surface area contributed by atoms with Crippen LogP contribution in [0, 0.1) is 5.92 Å². The van der Waals surface area contributed by atoms with Crippen molar-refractivity contribution in [3.63, 3.8) is 0 Å². The fourth-order valence-electron chi connectivity index (χ4n) is 2.81. The van der Waals surface area contributed by atoms with Crippen molar-refractivity contribution in [2.75, 3.05) is 25.1 Å². The molecule has 2 fully saturated rings. The van der Waals surface area contributed by atoms with Crippen molar-refractivity contribution < 1.29 is 23.1 Å². The molecule has 0 bridgehead atoms. The molecule has 2 aliphatic heterocycles. The van der Waals surface area contributed by atoms with E-state index in [1.165, 1.54) is 21.0 Å². The third-order valence-corrected chi connectivity index (χ3v) is 6.56. The number of rotatable bonds is 3. The molecule has 120 valence electrons. The van der Waals surface area contributed by atoms with Gasteiger partial charge in [-0.3, -0.25) is 4.79 Å². The molecular weight excluding hydrogens is 316 g/mol. The summed E-state index contributed by atoms with van der Waals surface area (Å²) in [5.41, 5.74) is 0. The second-order valence-electron chi connectivity index (χ2n) is 5.47. The molecule has 0 aromatic rings. The minimum Gasteiger partial charge on any atom is -0.480 e. The molecule has 7 nitrogen and oxygen atoms in total. The van der Waals surface area contributed by atoms with E-state index in [4.69, 9.17) is 0 Å². The van der Waals surface area contributed by atoms with Crippen LogP contribution in [-0.2, 0) is 19.6 Å². The summed E-state index contributed by atoms with van der Waals surface area (Å²) < 4.78 is 24.3. The number of carboxylic acids is 1. The number of amides is 1. The largest absolute Gasteiger partial charge is 0.480 e. The SMILES string of the molecule is CC1SCC(C(=O)O)N1C(=O)C1CCN(S(C)(=O)=O)CC1. The van der Waals surface area contributed by atoms with Gasteiger partial charge in [0.25, 0.3) is 0 Å². The highest BCUT2D eigenvalue weighted by Crippen LogP contribution is 2.32. The van der Waals surface area contributed by atoms with Crippen LogP contribution in [-0.4, -0.2) is 71.1 Å². The summed E-state index contributed by atoms with van der Waals surface area (Å²) in [6.45, 7) is 2.47. The maximum atomic E-state index is 12.6. The molecule has 0 saturated carbocycles. The molecule has 2 atom stereocenters. The third kappa shape index (κ3) is 3.51. The second kappa shape index (κ2) is 6.13. The Morgan fingerprint density at radius 1 is 1.24 bits per heavy atom. The minimum absolute atomic E-state index is 0.147.